The quantitative estimate of drug-likeness (QED) is 0.632. The first kappa shape index (κ1) is 20.6. The van der Waals surface area contributed by atoms with Gasteiger partial charge in [-0.3, -0.25) is 0 Å². The minimum absolute atomic E-state index is 0.116. The third kappa shape index (κ3) is 3.55. The molecular formula is C21H23ClFN5O3. The van der Waals surface area contributed by atoms with E-state index in [1.54, 1.807) is 0 Å². The van der Waals surface area contributed by atoms with Gasteiger partial charge in [0.1, 0.15) is 23.5 Å². The molecule has 10 heteroatoms. The Morgan fingerprint density at radius 1 is 1.32 bits per heavy atom. The Bertz CT molecular complexity index is 1150. The number of benzene rings is 1. The molecule has 8 nitrogen and oxygen atoms in total. The van der Waals surface area contributed by atoms with E-state index in [-0.39, 0.29) is 24.5 Å². The average Bonchev–Trinajstić information content (AvgIpc) is 3.28. The van der Waals surface area contributed by atoms with Crippen LogP contribution >= 0.6 is 11.6 Å². The lowest BCUT2D eigenvalue weighted by Crippen LogP contribution is -2.48. The molecule has 31 heavy (non-hydrogen) atoms. The first-order valence-electron chi connectivity index (χ1n) is 10.2. The standard InChI is InChI=1S/C21H23ClFN5O3/c1-9(2)28-10(3)25-19-13(23)4-11(5-15(19)28)18-12(22)7-24-21(27-18)26-14-6-17-30-8-16(31-17)20(14)29/h4-5,7,9,14,16-17,20,29H,6,8H2,1-3H3,(H,24,26,27)/t14-,16+,17+,20+/m1/s1. The third-order valence-corrected chi connectivity index (χ3v) is 6.06. The number of hydrogen-bond donors (Lipinski definition) is 2. The predicted octanol–water partition coefficient (Wildman–Crippen LogP) is 3.46. The minimum Gasteiger partial charge on any atom is -0.388 e. The fraction of sp³-hybridized carbons (Fsp3) is 0.476. The monoisotopic (exact) mass is 447 g/mol. The molecule has 0 unspecified atom stereocenters. The highest BCUT2D eigenvalue weighted by molar-refractivity contribution is 6.33. The molecule has 2 fully saturated rings. The van der Waals surface area contributed by atoms with Crippen LogP contribution in [0.3, 0.4) is 0 Å². The molecule has 0 spiro atoms. The number of nitrogens with zero attached hydrogens (tertiary/aromatic N) is 4. The van der Waals surface area contributed by atoms with Crippen LogP contribution in [0.25, 0.3) is 22.3 Å². The topological polar surface area (TPSA) is 94.3 Å². The molecule has 0 aliphatic carbocycles. The van der Waals surface area contributed by atoms with Crippen molar-refractivity contribution in [3.05, 3.63) is 35.0 Å². The molecule has 2 bridgehead atoms. The Labute approximate surface area is 183 Å². The van der Waals surface area contributed by atoms with E-state index in [0.717, 1.165) is 5.82 Å². The lowest BCUT2D eigenvalue weighted by molar-refractivity contribution is -0.123. The zero-order valence-electron chi connectivity index (χ0n) is 17.3. The van der Waals surface area contributed by atoms with Crippen molar-refractivity contribution in [2.75, 3.05) is 11.9 Å². The average molecular weight is 448 g/mol. The summed E-state index contributed by atoms with van der Waals surface area (Å²) in [5.74, 6) is 0.592. The van der Waals surface area contributed by atoms with Crippen molar-refractivity contribution in [2.45, 2.75) is 57.8 Å². The molecule has 2 saturated heterocycles. The van der Waals surface area contributed by atoms with Gasteiger partial charge in [-0.2, -0.15) is 0 Å². The molecule has 0 radical (unpaired) electrons. The number of anilines is 1. The van der Waals surface area contributed by atoms with E-state index >= 15 is 0 Å². The number of aliphatic hydroxyl groups excluding tert-OH is 1. The van der Waals surface area contributed by atoms with Crippen molar-refractivity contribution < 1.29 is 19.0 Å². The summed E-state index contributed by atoms with van der Waals surface area (Å²) in [6.45, 7) is 6.26. The first-order valence-corrected chi connectivity index (χ1v) is 10.6. The lowest BCUT2D eigenvalue weighted by atomic mass is 10.0. The molecule has 0 amide bonds. The number of aliphatic hydroxyl groups is 1. The van der Waals surface area contributed by atoms with E-state index in [9.17, 15) is 9.50 Å². The van der Waals surface area contributed by atoms with Crippen LogP contribution in [0.1, 0.15) is 32.1 Å². The number of fused-ring (bicyclic) bond motifs is 3. The van der Waals surface area contributed by atoms with Crippen molar-refractivity contribution in [3.8, 4) is 11.3 Å². The summed E-state index contributed by atoms with van der Waals surface area (Å²) in [4.78, 5) is 13.1. The Morgan fingerprint density at radius 3 is 2.90 bits per heavy atom. The maximum absolute atomic E-state index is 14.9. The second-order valence-corrected chi connectivity index (χ2v) is 8.66. The zero-order valence-corrected chi connectivity index (χ0v) is 18.1. The van der Waals surface area contributed by atoms with Gasteiger partial charge in [0.25, 0.3) is 0 Å². The fourth-order valence-corrected chi connectivity index (χ4v) is 4.59. The normalized spacial score (nSPS) is 25.5. The van der Waals surface area contributed by atoms with Gasteiger partial charge in [0, 0.05) is 18.0 Å². The number of aromatic nitrogens is 4. The molecule has 2 aromatic heterocycles. The van der Waals surface area contributed by atoms with Crippen LogP contribution in [-0.2, 0) is 9.47 Å². The van der Waals surface area contributed by atoms with Gasteiger partial charge in [-0.15, -0.1) is 0 Å². The van der Waals surface area contributed by atoms with E-state index in [2.05, 4.69) is 20.3 Å². The summed E-state index contributed by atoms with van der Waals surface area (Å²) in [5.41, 5.74) is 1.92. The van der Waals surface area contributed by atoms with Crippen LogP contribution < -0.4 is 5.32 Å². The Kier molecular flexibility index (Phi) is 5.09. The van der Waals surface area contributed by atoms with Crippen molar-refractivity contribution >= 4 is 28.6 Å². The Hall–Kier alpha value is -2.33. The summed E-state index contributed by atoms with van der Waals surface area (Å²) in [5, 5.41) is 13.9. The van der Waals surface area contributed by atoms with E-state index in [1.807, 2.05) is 31.4 Å². The van der Waals surface area contributed by atoms with Crippen LogP contribution in [-0.4, -0.2) is 55.8 Å². The van der Waals surface area contributed by atoms with Crippen LogP contribution in [0.4, 0.5) is 10.3 Å². The van der Waals surface area contributed by atoms with Gasteiger partial charge >= 0.3 is 0 Å². The first-order chi connectivity index (χ1) is 14.8. The molecule has 164 valence electrons. The molecule has 1 aromatic carbocycles. The van der Waals surface area contributed by atoms with Gasteiger partial charge in [-0.1, -0.05) is 11.6 Å². The number of aryl methyl sites for hydroxylation is 1. The fourth-order valence-electron chi connectivity index (χ4n) is 4.39. The van der Waals surface area contributed by atoms with Crippen molar-refractivity contribution in [2.24, 2.45) is 0 Å². The summed E-state index contributed by atoms with van der Waals surface area (Å²) >= 11 is 6.38. The highest BCUT2D eigenvalue weighted by Gasteiger charge is 2.43. The van der Waals surface area contributed by atoms with Gasteiger partial charge in [0.2, 0.25) is 5.95 Å². The smallest absolute Gasteiger partial charge is 0.223 e. The summed E-state index contributed by atoms with van der Waals surface area (Å²) in [7, 11) is 0. The van der Waals surface area contributed by atoms with E-state index in [0.29, 0.717) is 46.3 Å². The zero-order chi connectivity index (χ0) is 21.9. The summed E-state index contributed by atoms with van der Waals surface area (Å²) < 4.78 is 27.9. The molecular weight excluding hydrogens is 425 g/mol. The highest BCUT2D eigenvalue weighted by atomic mass is 35.5. The highest BCUT2D eigenvalue weighted by Crippen LogP contribution is 2.33. The Balaban J connectivity index is 1.52. The predicted molar refractivity (Wildman–Crippen MR) is 113 cm³/mol. The molecule has 4 heterocycles. The van der Waals surface area contributed by atoms with Crippen LogP contribution in [0, 0.1) is 12.7 Å². The van der Waals surface area contributed by atoms with Gasteiger partial charge in [0.15, 0.2) is 12.1 Å². The number of imidazole rings is 1. The number of nitrogens with one attached hydrogen (secondary N) is 1. The van der Waals surface area contributed by atoms with Crippen molar-refractivity contribution in [3.63, 3.8) is 0 Å². The number of halogens is 2. The van der Waals surface area contributed by atoms with E-state index < -0.39 is 11.9 Å². The van der Waals surface area contributed by atoms with E-state index in [4.69, 9.17) is 21.1 Å². The van der Waals surface area contributed by atoms with Gasteiger partial charge in [-0.05, 0) is 32.9 Å². The largest absolute Gasteiger partial charge is 0.388 e. The van der Waals surface area contributed by atoms with Crippen molar-refractivity contribution in [1.29, 1.82) is 0 Å². The third-order valence-electron chi connectivity index (χ3n) is 5.79. The summed E-state index contributed by atoms with van der Waals surface area (Å²) in [6.07, 6.45) is 0.453. The molecule has 3 aromatic rings. The minimum atomic E-state index is -0.751. The van der Waals surface area contributed by atoms with Gasteiger partial charge < -0.3 is 24.5 Å². The number of rotatable bonds is 4. The maximum Gasteiger partial charge on any atom is 0.223 e. The number of hydrogen-bond acceptors (Lipinski definition) is 7. The lowest BCUT2D eigenvalue weighted by Gasteiger charge is -2.32. The second kappa shape index (κ2) is 7.67. The van der Waals surface area contributed by atoms with Crippen LogP contribution in [0.15, 0.2) is 18.3 Å². The van der Waals surface area contributed by atoms with Crippen LogP contribution in [0.2, 0.25) is 5.02 Å². The van der Waals surface area contributed by atoms with E-state index in [1.165, 1.54) is 12.3 Å². The molecule has 0 saturated carbocycles. The number of ether oxygens (including phenoxy) is 2. The molecule has 2 aliphatic heterocycles. The maximum atomic E-state index is 14.9. The van der Waals surface area contributed by atoms with Crippen molar-refractivity contribution in [1.82, 2.24) is 19.5 Å². The summed E-state index contributed by atoms with van der Waals surface area (Å²) in [6, 6.07) is 3.01. The Morgan fingerprint density at radius 2 is 2.13 bits per heavy atom. The molecule has 2 aliphatic rings. The molecule has 4 atom stereocenters. The molecule has 5 rings (SSSR count). The van der Waals surface area contributed by atoms with Crippen LogP contribution in [0.5, 0.6) is 0 Å². The van der Waals surface area contributed by atoms with Gasteiger partial charge in [-0.25, -0.2) is 19.3 Å². The molecule has 2 N–H and O–H groups in total. The van der Waals surface area contributed by atoms with Gasteiger partial charge in [0.05, 0.1) is 35.1 Å². The SMILES string of the molecule is Cc1nc2c(F)cc(-c3nc(N[C@@H]4C[C@H]5OC[C@H](O5)[C@H]4O)ncc3Cl)cc2n1C(C)C. The second-order valence-electron chi connectivity index (χ2n) is 8.25.